The number of hydrogen-bond acceptors (Lipinski definition) is 7. The minimum atomic E-state index is -0.101. The second-order valence-electron chi connectivity index (χ2n) is 8.74. The molecule has 0 bridgehead atoms. The first-order chi connectivity index (χ1) is 17.4. The van der Waals surface area contributed by atoms with Crippen LogP contribution in [0.5, 0.6) is 0 Å². The summed E-state index contributed by atoms with van der Waals surface area (Å²) in [6.45, 7) is 4.06. The van der Waals surface area contributed by atoms with E-state index in [2.05, 4.69) is 40.6 Å². The summed E-state index contributed by atoms with van der Waals surface area (Å²) in [6.07, 6.45) is 4.44. The van der Waals surface area contributed by atoms with Crippen molar-refractivity contribution in [2.45, 2.75) is 45.2 Å². The molecule has 9 heteroatoms. The van der Waals surface area contributed by atoms with Crippen LogP contribution in [0.1, 0.15) is 51.8 Å². The third-order valence-corrected chi connectivity index (χ3v) is 6.70. The van der Waals surface area contributed by atoms with E-state index in [4.69, 9.17) is 11.0 Å². The first-order valence-electron chi connectivity index (χ1n) is 11.9. The van der Waals surface area contributed by atoms with E-state index in [1.165, 1.54) is 4.88 Å². The first-order valence-corrected chi connectivity index (χ1v) is 12.8. The number of aromatic nitrogens is 1. The zero-order valence-corrected chi connectivity index (χ0v) is 21.5. The molecule has 0 spiro atoms. The Morgan fingerprint density at radius 2 is 2.11 bits per heavy atom. The summed E-state index contributed by atoms with van der Waals surface area (Å²) in [6, 6.07) is 16.7. The maximum atomic E-state index is 12.6. The molecule has 1 aromatic heterocycles. The number of aryl methyl sites for hydroxylation is 1. The molecule has 0 fully saturated rings. The Bertz CT molecular complexity index is 1220. The van der Waals surface area contributed by atoms with E-state index < -0.39 is 0 Å². The van der Waals surface area contributed by atoms with Crippen molar-refractivity contribution in [3.05, 3.63) is 75.8 Å². The third-order valence-electron chi connectivity index (χ3n) is 5.66. The Labute approximate surface area is 216 Å². The first kappa shape index (κ1) is 27.0. The van der Waals surface area contributed by atoms with Crippen LogP contribution in [0, 0.1) is 11.3 Å². The van der Waals surface area contributed by atoms with Gasteiger partial charge >= 0.3 is 0 Å². The van der Waals surface area contributed by atoms with Gasteiger partial charge in [0.05, 0.1) is 17.3 Å². The van der Waals surface area contributed by atoms with Crippen LogP contribution < -0.4 is 16.4 Å². The Hall–Kier alpha value is -3.58. The number of nitrogens with zero attached hydrogens (tertiary/aromatic N) is 3. The van der Waals surface area contributed by atoms with Gasteiger partial charge in [0.25, 0.3) is 5.91 Å². The summed E-state index contributed by atoms with van der Waals surface area (Å²) in [5.41, 5.74) is 10.1. The summed E-state index contributed by atoms with van der Waals surface area (Å²) in [5, 5.41) is 14.5. The van der Waals surface area contributed by atoms with Gasteiger partial charge in [0.15, 0.2) is 5.13 Å². The highest BCUT2D eigenvalue weighted by molar-refractivity contribution is 7.15. The van der Waals surface area contributed by atoms with E-state index in [0.717, 1.165) is 50.0 Å². The molecule has 4 N–H and O–H groups in total. The number of amides is 2. The number of fused-ring (bicyclic) bond motifs is 1. The average molecular weight is 505 g/mol. The van der Waals surface area contributed by atoms with Gasteiger partial charge in [-0.25, -0.2) is 4.98 Å². The maximum Gasteiger partial charge on any atom is 0.257 e. The minimum absolute atomic E-state index is 0.101. The van der Waals surface area contributed by atoms with Crippen molar-refractivity contribution in [2.75, 3.05) is 24.2 Å². The standard InChI is InChI=1S/C19H26N4OS.C8H6N2O/c1-3-9-23(2)12-13-5-4-6-14(10-13)18(24)22-19-21-16-8-7-15(20)11-17(16)25-19;9-5-7-2-1-3-8(4-7)10-6-11/h4-6,10,15H,3,7-9,11-12,20H2,1-2H3,(H,21,22,24);1-4,6H,(H,10,11). The molecule has 1 aliphatic carbocycles. The molecule has 2 amide bonds. The lowest BCUT2D eigenvalue weighted by Gasteiger charge is -2.15. The smallest absolute Gasteiger partial charge is 0.257 e. The summed E-state index contributed by atoms with van der Waals surface area (Å²) in [7, 11) is 2.10. The monoisotopic (exact) mass is 504 g/mol. The molecule has 0 radical (unpaired) electrons. The van der Waals surface area contributed by atoms with Crippen LogP contribution in [-0.4, -0.2) is 41.8 Å². The van der Waals surface area contributed by atoms with Gasteiger partial charge < -0.3 is 16.0 Å². The zero-order valence-electron chi connectivity index (χ0n) is 20.7. The van der Waals surface area contributed by atoms with Gasteiger partial charge in [-0.15, -0.1) is 11.3 Å². The number of hydrogen-bond donors (Lipinski definition) is 3. The molecule has 188 valence electrons. The van der Waals surface area contributed by atoms with Crippen molar-refractivity contribution in [2.24, 2.45) is 5.73 Å². The summed E-state index contributed by atoms with van der Waals surface area (Å²) >= 11 is 1.55. The molecule has 8 nitrogen and oxygen atoms in total. The Kier molecular flexibility index (Phi) is 10.1. The van der Waals surface area contributed by atoms with Crippen molar-refractivity contribution in [1.29, 1.82) is 5.26 Å². The molecule has 0 saturated carbocycles. The Morgan fingerprint density at radius 3 is 2.86 bits per heavy atom. The van der Waals surface area contributed by atoms with Gasteiger partial charge in [0.2, 0.25) is 6.41 Å². The normalized spacial score (nSPS) is 14.1. The van der Waals surface area contributed by atoms with Crippen molar-refractivity contribution in [3.8, 4) is 6.07 Å². The number of benzene rings is 2. The lowest BCUT2D eigenvalue weighted by molar-refractivity contribution is -0.105. The quantitative estimate of drug-likeness (QED) is 0.395. The molecule has 4 rings (SSSR count). The Morgan fingerprint density at radius 1 is 1.31 bits per heavy atom. The Balaban J connectivity index is 0.000000275. The lowest BCUT2D eigenvalue weighted by atomic mass is 9.99. The van der Waals surface area contributed by atoms with Crippen LogP contribution in [0.2, 0.25) is 0 Å². The summed E-state index contributed by atoms with van der Waals surface area (Å²) < 4.78 is 0. The number of nitrogens with one attached hydrogen (secondary N) is 2. The molecular weight excluding hydrogens is 472 g/mol. The maximum absolute atomic E-state index is 12.6. The number of rotatable bonds is 8. The van der Waals surface area contributed by atoms with Crippen LogP contribution in [0.3, 0.4) is 0 Å². The second kappa shape index (κ2) is 13.5. The molecule has 0 saturated heterocycles. The number of carbonyl (C=O) groups is 2. The van der Waals surface area contributed by atoms with Crippen LogP contribution in [0.15, 0.2) is 48.5 Å². The minimum Gasteiger partial charge on any atom is -0.329 e. The van der Waals surface area contributed by atoms with Gasteiger partial charge in [-0.3, -0.25) is 14.9 Å². The van der Waals surface area contributed by atoms with Crippen molar-refractivity contribution < 1.29 is 9.59 Å². The topological polar surface area (TPSA) is 124 Å². The molecule has 1 unspecified atom stereocenters. The van der Waals surface area contributed by atoms with Gasteiger partial charge in [0.1, 0.15) is 0 Å². The number of thiazole rings is 1. The molecule has 2 aromatic carbocycles. The summed E-state index contributed by atoms with van der Waals surface area (Å²) in [5.74, 6) is -0.101. The number of nitrogens with two attached hydrogens (primary N) is 1. The predicted molar refractivity (Wildman–Crippen MR) is 144 cm³/mol. The average Bonchev–Trinajstić information content (AvgIpc) is 3.26. The van der Waals surface area contributed by atoms with Crippen LogP contribution in [-0.2, 0) is 24.2 Å². The van der Waals surface area contributed by atoms with E-state index in [1.807, 2.05) is 24.3 Å². The molecule has 0 aliphatic heterocycles. The molecule has 3 aromatic rings. The van der Waals surface area contributed by atoms with E-state index in [0.29, 0.717) is 28.4 Å². The van der Waals surface area contributed by atoms with Crippen LogP contribution in [0.25, 0.3) is 0 Å². The summed E-state index contributed by atoms with van der Waals surface area (Å²) in [4.78, 5) is 30.6. The largest absolute Gasteiger partial charge is 0.329 e. The molecule has 1 heterocycles. The molecule has 36 heavy (non-hydrogen) atoms. The predicted octanol–water partition coefficient (Wildman–Crippen LogP) is 4.18. The van der Waals surface area contributed by atoms with Gasteiger partial charge in [-0.2, -0.15) is 5.26 Å². The van der Waals surface area contributed by atoms with Gasteiger partial charge in [-0.05, 0) is 75.2 Å². The van der Waals surface area contributed by atoms with E-state index in [9.17, 15) is 9.59 Å². The van der Waals surface area contributed by atoms with Crippen molar-refractivity contribution >= 4 is 34.5 Å². The number of nitriles is 1. The fourth-order valence-electron chi connectivity index (χ4n) is 3.95. The highest BCUT2D eigenvalue weighted by atomic mass is 32.1. The molecule has 1 aliphatic rings. The van der Waals surface area contributed by atoms with Crippen molar-refractivity contribution in [1.82, 2.24) is 9.88 Å². The van der Waals surface area contributed by atoms with Crippen molar-refractivity contribution in [3.63, 3.8) is 0 Å². The number of anilines is 2. The fourth-order valence-corrected chi connectivity index (χ4v) is 5.05. The number of carbonyl (C=O) groups excluding carboxylic acids is 2. The highest BCUT2D eigenvalue weighted by Gasteiger charge is 2.21. The lowest BCUT2D eigenvalue weighted by Crippen LogP contribution is -2.27. The third kappa shape index (κ3) is 7.99. The van der Waals surface area contributed by atoms with E-state index in [1.54, 1.807) is 35.6 Å². The molecule has 1 atom stereocenters. The van der Waals surface area contributed by atoms with E-state index in [-0.39, 0.29) is 11.9 Å². The second-order valence-corrected chi connectivity index (χ2v) is 9.82. The van der Waals surface area contributed by atoms with Gasteiger partial charge in [0, 0.05) is 28.7 Å². The van der Waals surface area contributed by atoms with Crippen LogP contribution in [0.4, 0.5) is 10.8 Å². The van der Waals surface area contributed by atoms with Gasteiger partial charge in [-0.1, -0.05) is 25.1 Å². The van der Waals surface area contributed by atoms with E-state index >= 15 is 0 Å². The fraction of sp³-hybridized carbons (Fsp3) is 0.333. The highest BCUT2D eigenvalue weighted by Crippen LogP contribution is 2.29. The zero-order chi connectivity index (χ0) is 25.9. The SMILES string of the molecule is CCCN(C)Cc1cccc(C(=O)Nc2nc3c(s2)CC(N)CC3)c1.N#Cc1cccc(NC=O)c1. The molecular formula is C27H32N6O2S. The van der Waals surface area contributed by atoms with Crippen LogP contribution >= 0.6 is 11.3 Å².